The number of phenols is 1. The van der Waals surface area contributed by atoms with Crippen LogP contribution in [0.25, 0.3) is 0 Å². The van der Waals surface area contributed by atoms with Crippen LogP contribution < -0.4 is 5.32 Å². The van der Waals surface area contributed by atoms with Crippen molar-refractivity contribution < 1.29 is 13.9 Å². The molecule has 0 radical (unpaired) electrons. The topological polar surface area (TPSA) is 32.3 Å². The zero-order valence-electron chi connectivity index (χ0n) is 11.3. The van der Waals surface area contributed by atoms with Gasteiger partial charge in [-0.05, 0) is 41.8 Å². The van der Waals surface area contributed by atoms with Gasteiger partial charge in [0.2, 0.25) is 0 Å². The van der Waals surface area contributed by atoms with Crippen LogP contribution in [-0.2, 0) is 13.0 Å². The van der Waals surface area contributed by atoms with Crippen molar-refractivity contribution in [1.29, 1.82) is 0 Å². The van der Waals surface area contributed by atoms with Gasteiger partial charge in [0, 0.05) is 12.2 Å². The Kier molecular flexibility index (Phi) is 4.56. The van der Waals surface area contributed by atoms with Gasteiger partial charge >= 0.3 is 0 Å². The van der Waals surface area contributed by atoms with E-state index in [-0.39, 0.29) is 0 Å². The summed E-state index contributed by atoms with van der Waals surface area (Å²) in [5, 5.41) is 12.1. The fourth-order valence-electron chi connectivity index (χ4n) is 2.00. The molecule has 0 saturated heterocycles. The Balaban J connectivity index is 2.01. The maximum absolute atomic E-state index is 13.2. The number of hydrogen-bond donors (Lipinski definition) is 2. The van der Waals surface area contributed by atoms with Crippen LogP contribution >= 0.6 is 0 Å². The van der Waals surface area contributed by atoms with E-state index in [4.69, 9.17) is 5.11 Å². The highest BCUT2D eigenvalue weighted by Gasteiger charge is 2.09. The first-order chi connectivity index (χ1) is 9.60. The van der Waals surface area contributed by atoms with Gasteiger partial charge in [-0.15, -0.1) is 0 Å². The van der Waals surface area contributed by atoms with Crippen LogP contribution in [0.2, 0.25) is 0 Å². The van der Waals surface area contributed by atoms with E-state index < -0.39 is 17.4 Å². The third-order valence-corrected chi connectivity index (χ3v) is 3.07. The third-order valence-electron chi connectivity index (χ3n) is 3.07. The van der Waals surface area contributed by atoms with Gasteiger partial charge in [0.15, 0.2) is 17.4 Å². The van der Waals surface area contributed by atoms with Crippen molar-refractivity contribution >= 4 is 5.69 Å². The molecule has 2 aromatic carbocycles. The zero-order valence-corrected chi connectivity index (χ0v) is 11.3. The first kappa shape index (κ1) is 14.3. The lowest BCUT2D eigenvalue weighted by Crippen LogP contribution is -2.01. The molecule has 0 aliphatic rings. The van der Waals surface area contributed by atoms with Crippen molar-refractivity contribution in [2.45, 2.75) is 26.3 Å². The van der Waals surface area contributed by atoms with Gasteiger partial charge < -0.3 is 10.4 Å². The molecule has 0 aliphatic carbocycles. The minimum atomic E-state index is -0.944. The number of rotatable bonds is 5. The van der Waals surface area contributed by atoms with E-state index in [0.29, 0.717) is 12.1 Å². The maximum Gasteiger partial charge on any atom is 0.187 e. The summed E-state index contributed by atoms with van der Waals surface area (Å²) in [6, 6.07) is 10.2. The second-order valence-electron chi connectivity index (χ2n) is 4.71. The number of hydrogen-bond acceptors (Lipinski definition) is 2. The lowest BCUT2D eigenvalue weighted by Gasteiger charge is -2.08. The summed E-state index contributed by atoms with van der Waals surface area (Å²) in [5.74, 6) is -2.82. The molecule has 20 heavy (non-hydrogen) atoms. The first-order valence-electron chi connectivity index (χ1n) is 6.60. The second-order valence-corrected chi connectivity index (χ2v) is 4.71. The lowest BCUT2D eigenvalue weighted by atomic mass is 10.1. The van der Waals surface area contributed by atoms with Crippen LogP contribution in [0.15, 0.2) is 36.4 Å². The van der Waals surface area contributed by atoms with Gasteiger partial charge in [-0.3, -0.25) is 0 Å². The van der Waals surface area contributed by atoms with Crippen molar-refractivity contribution in [2.75, 3.05) is 5.32 Å². The molecule has 2 nitrogen and oxygen atoms in total. The molecule has 2 N–H and O–H groups in total. The lowest BCUT2D eigenvalue weighted by molar-refractivity contribution is 0.395. The average Bonchev–Trinajstić information content (AvgIpc) is 2.44. The van der Waals surface area contributed by atoms with E-state index in [2.05, 4.69) is 12.2 Å². The highest BCUT2D eigenvalue weighted by atomic mass is 19.1. The Morgan fingerprint density at radius 3 is 2.15 bits per heavy atom. The summed E-state index contributed by atoms with van der Waals surface area (Å²) < 4.78 is 26.4. The third kappa shape index (κ3) is 3.47. The van der Waals surface area contributed by atoms with Gasteiger partial charge in [0.1, 0.15) is 0 Å². The normalized spacial score (nSPS) is 10.6. The minimum absolute atomic E-state index is 0.293. The van der Waals surface area contributed by atoms with Crippen LogP contribution in [0.4, 0.5) is 14.5 Å². The molecule has 0 heterocycles. The van der Waals surface area contributed by atoms with Crippen molar-refractivity contribution in [2.24, 2.45) is 0 Å². The number of benzene rings is 2. The Morgan fingerprint density at radius 2 is 1.60 bits per heavy atom. The molecule has 0 bridgehead atoms. The van der Waals surface area contributed by atoms with Crippen LogP contribution in [0.1, 0.15) is 24.5 Å². The van der Waals surface area contributed by atoms with E-state index in [1.54, 1.807) is 0 Å². The van der Waals surface area contributed by atoms with E-state index in [0.717, 1.165) is 30.7 Å². The summed E-state index contributed by atoms with van der Waals surface area (Å²) in [6.45, 7) is 2.42. The fourth-order valence-corrected chi connectivity index (χ4v) is 2.00. The summed E-state index contributed by atoms with van der Waals surface area (Å²) in [6.07, 6.45) is 2.13. The van der Waals surface area contributed by atoms with Crippen molar-refractivity contribution in [1.82, 2.24) is 0 Å². The van der Waals surface area contributed by atoms with Crippen LogP contribution in [0.5, 0.6) is 5.75 Å². The predicted octanol–water partition coefficient (Wildman–Crippen LogP) is 4.24. The van der Waals surface area contributed by atoms with Crippen molar-refractivity contribution in [3.63, 3.8) is 0 Å². The molecule has 2 aromatic rings. The molecule has 2 rings (SSSR count). The first-order valence-corrected chi connectivity index (χ1v) is 6.60. The Morgan fingerprint density at radius 1 is 1.00 bits per heavy atom. The molecule has 0 unspecified atom stereocenters. The molecule has 0 saturated carbocycles. The number of anilines is 1. The van der Waals surface area contributed by atoms with Gasteiger partial charge in [0.25, 0.3) is 0 Å². The highest BCUT2D eigenvalue weighted by molar-refractivity contribution is 5.45. The Labute approximate surface area is 117 Å². The molecule has 0 amide bonds. The SMILES string of the molecule is CCCc1ccc(NCc2cc(F)c(O)c(F)c2)cc1. The maximum atomic E-state index is 13.2. The van der Waals surface area contributed by atoms with Crippen molar-refractivity contribution in [3.05, 3.63) is 59.2 Å². The molecule has 106 valence electrons. The van der Waals surface area contributed by atoms with Gasteiger partial charge in [-0.2, -0.15) is 0 Å². The second kappa shape index (κ2) is 6.37. The van der Waals surface area contributed by atoms with E-state index in [1.807, 2.05) is 24.3 Å². The fraction of sp³-hybridized carbons (Fsp3) is 0.250. The molecule has 0 aliphatic heterocycles. The van der Waals surface area contributed by atoms with Gasteiger partial charge in [0.05, 0.1) is 0 Å². The minimum Gasteiger partial charge on any atom is -0.503 e. The number of nitrogens with one attached hydrogen (secondary N) is 1. The molecule has 0 spiro atoms. The molecule has 0 atom stereocenters. The summed E-state index contributed by atoms with van der Waals surface area (Å²) in [5.41, 5.74) is 2.59. The molecule has 0 fully saturated rings. The number of phenolic OH excluding ortho intramolecular Hbond substituents is 1. The smallest absolute Gasteiger partial charge is 0.187 e. The highest BCUT2D eigenvalue weighted by Crippen LogP contribution is 2.22. The number of aromatic hydroxyl groups is 1. The van der Waals surface area contributed by atoms with Gasteiger partial charge in [-0.1, -0.05) is 25.5 Å². The quantitative estimate of drug-likeness (QED) is 0.857. The largest absolute Gasteiger partial charge is 0.503 e. The van der Waals surface area contributed by atoms with Crippen LogP contribution in [0, 0.1) is 11.6 Å². The van der Waals surface area contributed by atoms with E-state index in [1.165, 1.54) is 5.56 Å². The molecule has 4 heteroatoms. The summed E-state index contributed by atoms with van der Waals surface area (Å²) in [4.78, 5) is 0. The number of halogens is 2. The van der Waals surface area contributed by atoms with Gasteiger partial charge in [-0.25, -0.2) is 8.78 Å². The Bertz CT molecular complexity index is 559. The average molecular weight is 277 g/mol. The summed E-state index contributed by atoms with van der Waals surface area (Å²) in [7, 11) is 0. The molecule has 0 aromatic heterocycles. The molecular weight excluding hydrogens is 260 g/mol. The van der Waals surface area contributed by atoms with Crippen molar-refractivity contribution in [3.8, 4) is 5.75 Å². The standard InChI is InChI=1S/C16H17F2NO/c1-2-3-11-4-6-13(7-5-11)19-10-12-8-14(17)16(20)15(18)9-12/h4-9,19-20H,2-3,10H2,1H3. The zero-order chi connectivity index (χ0) is 14.5. The predicted molar refractivity (Wildman–Crippen MR) is 75.8 cm³/mol. The van der Waals surface area contributed by atoms with E-state index >= 15 is 0 Å². The monoisotopic (exact) mass is 277 g/mol. The van der Waals surface area contributed by atoms with E-state index in [9.17, 15) is 8.78 Å². The van der Waals surface area contributed by atoms with Crippen LogP contribution in [0.3, 0.4) is 0 Å². The summed E-state index contributed by atoms with van der Waals surface area (Å²) >= 11 is 0. The number of aryl methyl sites for hydroxylation is 1. The Hall–Kier alpha value is -2.10. The molecular formula is C16H17F2NO. The van der Waals surface area contributed by atoms with Crippen LogP contribution in [-0.4, -0.2) is 5.11 Å².